The van der Waals surface area contributed by atoms with Crippen LogP contribution in [0.5, 0.6) is 0 Å². The van der Waals surface area contributed by atoms with Crippen molar-refractivity contribution < 1.29 is 4.74 Å². The molecule has 0 aliphatic rings. The number of aromatic nitrogens is 3. The van der Waals surface area contributed by atoms with Crippen LogP contribution in [0.2, 0.25) is 0 Å². The predicted molar refractivity (Wildman–Crippen MR) is 67.7 cm³/mol. The van der Waals surface area contributed by atoms with Crippen molar-refractivity contribution in [2.45, 2.75) is 39.8 Å². The third-order valence-electron chi connectivity index (χ3n) is 2.88. The van der Waals surface area contributed by atoms with Crippen LogP contribution in [0.25, 0.3) is 0 Å². The highest BCUT2D eigenvalue weighted by Gasteiger charge is 2.34. The third kappa shape index (κ3) is 3.26. The van der Waals surface area contributed by atoms with E-state index in [9.17, 15) is 0 Å². The van der Waals surface area contributed by atoms with Gasteiger partial charge < -0.3 is 10.1 Å². The summed E-state index contributed by atoms with van der Waals surface area (Å²) in [6.07, 6.45) is 1.87. The number of nitrogens with one attached hydrogen (secondary N) is 1. The van der Waals surface area contributed by atoms with E-state index in [1.54, 1.807) is 10.9 Å². The maximum Gasteiger partial charge on any atom is 0.0833 e. The van der Waals surface area contributed by atoms with Crippen molar-refractivity contribution in [1.82, 2.24) is 20.3 Å². The van der Waals surface area contributed by atoms with Gasteiger partial charge in [-0.3, -0.25) is 4.68 Å². The van der Waals surface area contributed by atoms with E-state index in [1.165, 1.54) is 0 Å². The first-order valence-electron chi connectivity index (χ1n) is 6.05. The average molecular weight is 240 g/mol. The molecule has 5 heteroatoms. The molecule has 2 atom stereocenters. The van der Waals surface area contributed by atoms with Gasteiger partial charge in [0.2, 0.25) is 0 Å². The SMILES string of the molecule is CCOC(C(NC)c1cnnn1C)C(C)(C)C. The summed E-state index contributed by atoms with van der Waals surface area (Å²) in [5.74, 6) is 0. The highest BCUT2D eigenvalue weighted by atomic mass is 16.5. The molecule has 5 nitrogen and oxygen atoms in total. The van der Waals surface area contributed by atoms with Crippen LogP contribution in [0.3, 0.4) is 0 Å². The fourth-order valence-electron chi connectivity index (χ4n) is 2.06. The average Bonchev–Trinajstić information content (AvgIpc) is 2.63. The van der Waals surface area contributed by atoms with Gasteiger partial charge in [-0.05, 0) is 19.4 Å². The number of hydrogen-bond acceptors (Lipinski definition) is 4. The molecule has 1 rings (SSSR count). The van der Waals surface area contributed by atoms with Crippen molar-refractivity contribution in [3.8, 4) is 0 Å². The van der Waals surface area contributed by atoms with E-state index in [-0.39, 0.29) is 17.6 Å². The Morgan fingerprint density at radius 3 is 2.47 bits per heavy atom. The molecule has 0 spiro atoms. The highest BCUT2D eigenvalue weighted by Crippen LogP contribution is 2.32. The van der Waals surface area contributed by atoms with Crippen LogP contribution in [0, 0.1) is 5.41 Å². The molecule has 1 N–H and O–H groups in total. The van der Waals surface area contributed by atoms with Crippen molar-refractivity contribution in [1.29, 1.82) is 0 Å². The first kappa shape index (κ1) is 14.1. The van der Waals surface area contributed by atoms with E-state index in [2.05, 4.69) is 36.4 Å². The monoisotopic (exact) mass is 240 g/mol. The van der Waals surface area contributed by atoms with Crippen molar-refractivity contribution in [3.05, 3.63) is 11.9 Å². The van der Waals surface area contributed by atoms with Gasteiger partial charge in [-0.15, -0.1) is 5.10 Å². The minimum atomic E-state index is 0.0496. The molecule has 0 aromatic carbocycles. The predicted octanol–water partition coefficient (Wildman–Crippen LogP) is 1.53. The maximum absolute atomic E-state index is 5.91. The molecule has 0 bridgehead atoms. The Bertz CT molecular complexity index is 343. The molecular formula is C12H24N4O. The first-order valence-corrected chi connectivity index (χ1v) is 6.05. The first-order chi connectivity index (χ1) is 7.91. The molecule has 1 heterocycles. The molecule has 0 saturated carbocycles. The molecule has 0 aliphatic heterocycles. The summed E-state index contributed by atoms with van der Waals surface area (Å²) in [5, 5.41) is 11.2. The van der Waals surface area contributed by atoms with Crippen molar-refractivity contribution in [3.63, 3.8) is 0 Å². The van der Waals surface area contributed by atoms with Crippen molar-refractivity contribution in [2.24, 2.45) is 12.5 Å². The van der Waals surface area contributed by atoms with Crippen LogP contribution < -0.4 is 5.32 Å². The van der Waals surface area contributed by atoms with Gasteiger partial charge in [0, 0.05) is 13.7 Å². The van der Waals surface area contributed by atoms with Crippen molar-refractivity contribution >= 4 is 0 Å². The van der Waals surface area contributed by atoms with Gasteiger partial charge in [0.05, 0.1) is 24.0 Å². The van der Waals surface area contributed by atoms with Gasteiger partial charge in [-0.1, -0.05) is 26.0 Å². The summed E-state index contributed by atoms with van der Waals surface area (Å²) < 4.78 is 7.70. The molecule has 0 amide bonds. The number of likely N-dealkylation sites (N-methyl/N-ethyl adjacent to an activating group) is 1. The van der Waals surface area contributed by atoms with Crippen LogP contribution in [0.15, 0.2) is 6.20 Å². The normalized spacial score (nSPS) is 15.9. The second-order valence-electron chi connectivity index (χ2n) is 5.29. The summed E-state index contributed by atoms with van der Waals surface area (Å²) >= 11 is 0. The van der Waals surface area contributed by atoms with Gasteiger partial charge in [0.15, 0.2) is 0 Å². The Hall–Kier alpha value is -0.940. The fraction of sp³-hybridized carbons (Fsp3) is 0.833. The summed E-state index contributed by atoms with van der Waals surface area (Å²) in [4.78, 5) is 0. The fourth-order valence-corrected chi connectivity index (χ4v) is 2.06. The van der Waals surface area contributed by atoms with Gasteiger partial charge in [-0.25, -0.2) is 0 Å². The van der Waals surface area contributed by atoms with Gasteiger partial charge in [-0.2, -0.15) is 0 Å². The summed E-state index contributed by atoms with van der Waals surface area (Å²) in [5.41, 5.74) is 1.09. The number of ether oxygens (including phenoxy) is 1. The lowest BCUT2D eigenvalue weighted by molar-refractivity contribution is -0.0366. The molecule has 98 valence electrons. The van der Waals surface area contributed by atoms with E-state index in [0.717, 1.165) is 5.69 Å². The van der Waals surface area contributed by atoms with Crippen LogP contribution in [-0.4, -0.2) is 34.8 Å². The largest absolute Gasteiger partial charge is 0.376 e. The molecule has 1 aromatic rings. The van der Waals surface area contributed by atoms with E-state index in [4.69, 9.17) is 4.74 Å². The Morgan fingerprint density at radius 1 is 1.47 bits per heavy atom. The minimum absolute atomic E-state index is 0.0496. The summed E-state index contributed by atoms with van der Waals surface area (Å²) in [7, 11) is 3.84. The minimum Gasteiger partial charge on any atom is -0.376 e. The molecule has 0 saturated heterocycles. The van der Waals surface area contributed by atoms with E-state index >= 15 is 0 Å². The number of nitrogens with zero attached hydrogens (tertiary/aromatic N) is 3. The maximum atomic E-state index is 5.91. The summed E-state index contributed by atoms with van der Waals surface area (Å²) in [6, 6.07) is 0.0925. The standard InChI is InChI=1S/C12H24N4O/c1-7-17-11(12(2,3)4)10(13-5)9-8-14-15-16(9)6/h8,10-11,13H,7H2,1-6H3. The lowest BCUT2D eigenvalue weighted by atomic mass is 9.83. The van der Waals surface area contributed by atoms with E-state index in [0.29, 0.717) is 6.61 Å². The van der Waals surface area contributed by atoms with Gasteiger partial charge in [0.25, 0.3) is 0 Å². The zero-order valence-corrected chi connectivity index (χ0v) is 11.7. The molecule has 0 radical (unpaired) electrons. The quantitative estimate of drug-likeness (QED) is 0.848. The smallest absolute Gasteiger partial charge is 0.0833 e. The molecular weight excluding hydrogens is 216 g/mol. The van der Waals surface area contributed by atoms with Crippen LogP contribution in [0.4, 0.5) is 0 Å². The van der Waals surface area contributed by atoms with E-state index in [1.807, 2.05) is 21.0 Å². The highest BCUT2D eigenvalue weighted by molar-refractivity contribution is 5.06. The number of aryl methyl sites for hydroxylation is 1. The molecule has 0 fully saturated rings. The van der Waals surface area contributed by atoms with Crippen LogP contribution >= 0.6 is 0 Å². The van der Waals surface area contributed by atoms with Gasteiger partial charge in [0.1, 0.15) is 0 Å². The second kappa shape index (κ2) is 5.60. The molecule has 2 unspecified atom stereocenters. The zero-order valence-electron chi connectivity index (χ0n) is 11.7. The van der Waals surface area contributed by atoms with Crippen molar-refractivity contribution in [2.75, 3.05) is 13.7 Å². The zero-order chi connectivity index (χ0) is 13.1. The number of rotatable bonds is 5. The molecule has 0 aliphatic carbocycles. The molecule has 1 aromatic heterocycles. The molecule has 17 heavy (non-hydrogen) atoms. The Balaban J connectivity index is 3.02. The van der Waals surface area contributed by atoms with Crippen LogP contribution in [-0.2, 0) is 11.8 Å². The van der Waals surface area contributed by atoms with Gasteiger partial charge >= 0.3 is 0 Å². The third-order valence-corrected chi connectivity index (χ3v) is 2.88. The summed E-state index contributed by atoms with van der Waals surface area (Å²) in [6.45, 7) is 9.27. The number of hydrogen-bond donors (Lipinski definition) is 1. The topological polar surface area (TPSA) is 52.0 Å². The second-order valence-corrected chi connectivity index (χ2v) is 5.29. The Morgan fingerprint density at radius 2 is 2.12 bits per heavy atom. The lowest BCUT2D eigenvalue weighted by Gasteiger charge is -2.36. The Labute approximate surface area is 104 Å². The van der Waals surface area contributed by atoms with Crippen LogP contribution in [0.1, 0.15) is 39.4 Å². The lowest BCUT2D eigenvalue weighted by Crippen LogP contribution is -2.41. The van der Waals surface area contributed by atoms with E-state index < -0.39 is 0 Å². The Kier molecular flexibility index (Phi) is 4.65.